The van der Waals surface area contributed by atoms with Crippen molar-refractivity contribution in [2.45, 2.75) is 26.2 Å². The van der Waals surface area contributed by atoms with Crippen LogP contribution < -0.4 is 0 Å². The first-order valence-electron chi connectivity index (χ1n) is 5.42. The molecule has 0 saturated heterocycles. The van der Waals surface area contributed by atoms with Gasteiger partial charge in [-0.1, -0.05) is 43.7 Å². The van der Waals surface area contributed by atoms with Gasteiger partial charge in [0.2, 0.25) is 0 Å². The average Bonchev–Trinajstić information content (AvgIpc) is 2.35. The maximum Gasteiger partial charge on any atom is 0.133 e. The quantitative estimate of drug-likeness (QED) is 0.712. The van der Waals surface area contributed by atoms with Gasteiger partial charge in [0.15, 0.2) is 0 Å². The van der Waals surface area contributed by atoms with Crippen LogP contribution in [0.3, 0.4) is 0 Å². The highest BCUT2D eigenvalue weighted by atomic mass is 14.3. The minimum absolute atomic E-state index is 0.236. The number of unbranched alkanes of at least 4 members (excludes halogenated alkanes) is 1. The molecule has 0 aromatic heterocycles. The summed E-state index contributed by atoms with van der Waals surface area (Å²) >= 11 is 0. The Balaban J connectivity index is 3.13. The summed E-state index contributed by atoms with van der Waals surface area (Å²) in [5.41, 5.74) is 2.08. The number of nitrogens with zero attached hydrogens (tertiary/aromatic N) is 2. The Morgan fingerprint density at radius 2 is 1.75 bits per heavy atom. The molecule has 0 heterocycles. The third-order valence-electron chi connectivity index (χ3n) is 2.43. The Labute approximate surface area is 96.4 Å². The summed E-state index contributed by atoms with van der Waals surface area (Å²) in [7, 11) is 0. The monoisotopic (exact) mass is 210 g/mol. The predicted octanol–water partition coefficient (Wildman–Crippen LogP) is 3.68. The molecule has 0 radical (unpaired) electrons. The van der Waals surface area contributed by atoms with Crippen LogP contribution in [-0.4, -0.2) is 0 Å². The molecule has 16 heavy (non-hydrogen) atoms. The van der Waals surface area contributed by atoms with Crippen LogP contribution in [0.5, 0.6) is 0 Å². The van der Waals surface area contributed by atoms with Crippen LogP contribution in [0.4, 0.5) is 0 Å². The van der Waals surface area contributed by atoms with Crippen molar-refractivity contribution < 1.29 is 0 Å². The number of hydrogen-bond acceptors (Lipinski definition) is 2. The van der Waals surface area contributed by atoms with E-state index >= 15 is 0 Å². The zero-order valence-electron chi connectivity index (χ0n) is 9.40. The van der Waals surface area contributed by atoms with Gasteiger partial charge in [0.1, 0.15) is 17.7 Å². The zero-order valence-corrected chi connectivity index (χ0v) is 9.40. The van der Waals surface area contributed by atoms with Crippen molar-refractivity contribution in [3.8, 4) is 12.1 Å². The third-order valence-corrected chi connectivity index (χ3v) is 2.43. The largest absolute Gasteiger partial charge is 0.192 e. The standard InChI is InChI=1S/C14H14N2/c1-2-3-9-14(13(10-15)11-16)12-7-5-4-6-8-12/h4-8H,2-3,9H2,1H3. The number of rotatable bonds is 4. The van der Waals surface area contributed by atoms with E-state index < -0.39 is 0 Å². The van der Waals surface area contributed by atoms with E-state index in [1.54, 1.807) is 0 Å². The molecule has 0 unspecified atom stereocenters. The zero-order chi connectivity index (χ0) is 11.8. The molecule has 2 nitrogen and oxygen atoms in total. The summed E-state index contributed by atoms with van der Waals surface area (Å²) < 4.78 is 0. The number of hydrogen-bond donors (Lipinski definition) is 0. The number of nitriles is 2. The van der Waals surface area contributed by atoms with Gasteiger partial charge in [0.05, 0.1) is 0 Å². The molecule has 0 fully saturated rings. The van der Waals surface area contributed by atoms with Crippen LogP contribution in [0.2, 0.25) is 0 Å². The van der Waals surface area contributed by atoms with Gasteiger partial charge in [0, 0.05) is 0 Å². The minimum Gasteiger partial charge on any atom is -0.192 e. The predicted molar refractivity (Wildman–Crippen MR) is 64.1 cm³/mol. The Morgan fingerprint density at radius 3 is 2.25 bits per heavy atom. The van der Waals surface area contributed by atoms with Gasteiger partial charge in [-0.15, -0.1) is 0 Å². The third kappa shape index (κ3) is 2.97. The number of allylic oxidation sites excluding steroid dienone is 2. The smallest absolute Gasteiger partial charge is 0.133 e. The topological polar surface area (TPSA) is 47.6 Å². The lowest BCUT2D eigenvalue weighted by atomic mass is 9.96. The SMILES string of the molecule is CCCCC(=C(C#N)C#N)c1ccccc1. The molecule has 0 atom stereocenters. The Bertz CT molecular complexity index is 428. The van der Waals surface area contributed by atoms with Crippen molar-refractivity contribution >= 4 is 5.57 Å². The van der Waals surface area contributed by atoms with E-state index in [9.17, 15) is 0 Å². The lowest BCUT2D eigenvalue weighted by Crippen LogP contribution is -1.89. The number of benzene rings is 1. The second kappa shape index (κ2) is 6.43. The highest BCUT2D eigenvalue weighted by molar-refractivity contribution is 5.75. The fourth-order valence-electron chi connectivity index (χ4n) is 1.57. The molecule has 0 amide bonds. The average molecular weight is 210 g/mol. The Kier molecular flexibility index (Phi) is 4.83. The first-order chi connectivity index (χ1) is 7.83. The molecule has 0 aliphatic rings. The van der Waals surface area contributed by atoms with Gasteiger partial charge < -0.3 is 0 Å². The summed E-state index contributed by atoms with van der Waals surface area (Å²) in [5, 5.41) is 17.9. The van der Waals surface area contributed by atoms with Gasteiger partial charge in [-0.05, 0) is 24.0 Å². The fourth-order valence-corrected chi connectivity index (χ4v) is 1.57. The molecule has 1 aromatic carbocycles. The molecule has 2 heteroatoms. The highest BCUT2D eigenvalue weighted by Gasteiger charge is 2.07. The molecular weight excluding hydrogens is 196 g/mol. The lowest BCUT2D eigenvalue weighted by molar-refractivity contribution is 0.823. The van der Waals surface area contributed by atoms with E-state index in [0.717, 1.165) is 30.4 Å². The van der Waals surface area contributed by atoms with Crippen LogP contribution in [-0.2, 0) is 0 Å². The summed E-state index contributed by atoms with van der Waals surface area (Å²) in [6.07, 6.45) is 2.84. The summed E-state index contributed by atoms with van der Waals surface area (Å²) in [6, 6.07) is 13.6. The first-order valence-corrected chi connectivity index (χ1v) is 5.42. The second-order valence-corrected chi connectivity index (χ2v) is 3.55. The molecular formula is C14H14N2. The van der Waals surface area contributed by atoms with E-state index in [0.29, 0.717) is 0 Å². The van der Waals surface area contributed by atoms with Crippen molar-refractivity contribution in [3.05, 3.63) is 41.5 Å². The van der Waals surface area contributed by atoms with Crippen molar-refractivity contribution in [2.75, 3.05) is 0 Å². The molecule has 1 aromatic rings. The molecule has 0 saturated carbocycles. The van der Waals surface area contributed by atoms with Crippen LogP contribution in [0, 0.1) is 22.7 Å². The van der Waals surface area contributed by atoms with Crippen molar-refractivity contribution in [2.24, 2.45) is 0 Å². The summed E-state index contributed by atoms with van der Waals surface area (Å²) in [4.78, 5) is 0. The van der Waals surface area contributed by atoms with Gasteiger partial charge in [-0.2, -0.15) is 10.5 Å². The van der Waals surface area contributed by atoms with Crippen LogP contribution in [0.1, 0.15) is 31.7 Å². The first kappa shape index (κ1) is 12.0. The van der Waals surface area contributed by atoms with Crippen molar-refractivity contribution in [1.29, 1.82) is 10.5 Å². The van der Waals surface area contributed by atoms with Gasteiger partial charge in [0.25, 0.3) is 0 Å². The van der Waals surface area contributed by atoms with E-state index in [1.807, 2.05) is 42.5 Å². The highest BCUT2D eigenvalue weighted by Crippen LogP contribution is 2.23. The fraction of sp³-hybridized carbons (Fsp3) is 0.286. The van der Waals surface area contributed by atoms with Crippen molar-refractivity contribution in [1.82, 2.24) is 0 Å². The normalized spacial score (nSPS) is 8.94. The molecule has 0 N–H and O–H groups in total. The Morgan fingerprint density at radius 1 is 1.12 bits per heavy atom. The van der Waals surface area contributed by atoms with Crippen LogP contribution in [0.25, 0.3) is 5.57 Å². The van der Waals surface area contributed by atoms with Crippen LogP contribution >= 0.6 is 0 Å². The second-order valence-electron chi connectivity index (χ2n) is 3.55. The summed E-state index contributed by atoms with van der Waals surface area (Å²) in [6.45, 7) is 2.10. The van der Waals surface area contributed by atoms with E-state index in [1.165, 1.54) is 0 Å². The van der Waals surface area contributed by atoms with Gasteiger partial charge in [-0.3, -0.25) is 0 Å². The Hall–Kier alpha value is -2.06. The molecule has 0 bridgehead atoms. The van der Waals surface area contributed by atoms with E-state index in [4.69, 9.17) is 10.5 Å². The van der Waals surface area contributed by atoms with Gasteiger partial charge in [-0.25, -0.2) is 0 Å². The molecule has 1 rings (SSSR count). The lowest BCUT2D eigenvalue weighted by Gasteiger charge is -2.06. The molecule has 80 valence electrons. The van der Waals surface area contributed by atoms with Crippen LogP contribution in [0.15, 0.2) is 35.9 Å². The van der Waals surface area contributed by atoms with E-state index in [2.05, 4.69) is 6.92 Å². The molecule has 0 aliphatic heterocycles. The maximum absolute atomic E-state index is 8.93. The van der Waals surface area contributed by atoms with E-state index in [-0.39, 0.29) is 5.57 Å². The van der Waals surface area contributed by atoms with Crippen molar-refractivity contribution in [3.63, 3.8) is 0 Å². The minimum atomic E-state index is 0.236. The maximum atomic E-state index is 8.93. The van der Waals surface area contributed by atoms with Gasteiger partial charge >= 0.3 is 0 Å². The molecule has 0 spiro atoms. The molecule has 0 aliphatic carbocycles. The summed E-state index contributed by atoms with van der Waals surface area (Å²) in [5.74, 6) is 0.